The van der Waals surface area contributed by atoms with Gasteiger partial charge in [-0.15, -0.1) is 0 Å². The summed E-state index contributed by atoms with van der Waals surface area (Å²) in [4.78, 5) is 17.9. The normalized spacial score (nSPS) is 29.6. The molecule has 2 fully saturated rings. The maximum Gasteiger partial charge on any atom is 0.226 e. The minimum Gasteiger partial charge on any atom is -0.394 e. The Morgan fingerprint density at radius 2 is 1.97 bits per heavy atom. The van der Waals surface area contributed by atoms with Crippen LogP contribution in [0.4, 0.5) is 5.69 Å². The maximum absolute atomic E-state index is 13.4. The Balaban J connectivity index is 1.55. The zero-order valence-corrected chi connectivity index (χ0v) is 17.6. The van der Waals surface area contributed by atoms with Crippen LogP contribution in [0.2, 0.25) is 0 Å². The minimum absolute atomic E-state index is 0.0913. The zero-order valence-electron chi connectivity index (χ0n) is 17.6. The van der Waals surface area contributed by atoms with Gasteiger partial charge in [0.25, 0.3) is 0 Å². The predicted octanol–water partition coefficient (Wildman–Crippen LogP) is 4.53. The molecule has 0 spiro atoms. The van der Waals surface area contributed by atoms with Gasteiger partial charge in [0.15, 0.2) is 0 Å². The van der Waals surface area contributed by atoms with Crippen LogP contribution in [0, 0.1) is 11.8 Å². The molecule has 1 N–H and O–H groups in total. The number of anilines is 1. The number of amides is 1. The first-order valence-corrected chi connectivity index (χ1v) is 11.7. The van der Waals surface area contributed by atoms with Gasteiger partial charge in [0.2, 0.25) is 5.91 Å². The first-order chi connectivity index (χ1) is 14.2. The summed E-state index contributed by atoms with van der Waals surface area (Å²) in [5.41, 5.74) is 5.29. The molecule has 1 aromatic rings. The van der Waals surface area contributed by atoms with Crippen LogP contribution in [-0.4, -0.2) is 42.2 Å². The molecule has 1 saturated heterocycles. The SMILES string of the molecule is CN1c2ccc(C3=CCCCC3)cc2[C@@H]2[C@@H](CCN2C(=O)C2CCCC2)[C@H]1CO. The third-order valence-corrected chi connectivity index (χ3v) is 8.00. The number of nitrogens with zero attached hydrogens (tertiary/aromatic N) is 2. The van der Waals surface area contributed by atoms with E-state index in [2.05, 4.69) is 41.1 Å². The number of fused-ring (bicyclic) bond motifs is 3. The Hall–Kier alpha value is -1.81. The van der Waals surface area contributed by atoms with Crippen LogP contribution in [0.3, 0.4) is 0 Å². The predicted molar refractivity (Wildman–Crippen MR) is 117 cm³/mol. The van der Waals surface area contributed by atoms with Gasteiger partial charge < -0.3 is 14.9 Å². The Morgan fingerprint density at radius 1 is 1.14 bits per heavy atom. The molecule has 0 bridgehead atoms. The fraction of sp³-hybridized carbons (Fsp3) is 0.640. The van der Waals surface area contributed by atoms with Crippen LogP contribution in [0.1, 0.15) is 75.0 Å². The second kappa shape index (κ2) is 7.79. The maximum atomic E-state index is 13.4. The fourth-order valence-corrected chi connectivity index (χ4v) is 6.41. The van der Waals surface area contributed by atoms with Crippen molar-refractivity contribution in [1.29, 1.82) is 0 Å². The Bertz CT molecular complexity index is 811. The Labute approximate surface area is 174 Å². The number of benzene rings is 1. The monoisotopic (exact) mass is 394 g/mol. The van der Waals surface area contributed by atoms with Crippen molar-refractivity contribution in [3.63, 3.8) is 0 Å². The fourth-order valence-electron chi connectivity index (χ4n) is 6.41. The van der Waals surface area contributed by atoms with E-state index in [0.29, 0.717) is 11.8 Å². The van der Waals surface area contributed by atoms with Crippen molar-refractivity contribution in [1.82, 2.24) is 4.90 Å². The van der Waals surface area contributed by atoms with Gasteiger partial charge in [-0.1, -0.05) is 25.0 Å². The van der Waals surface area contributed by atoms with Gasteiger partial charge in [-0.3, -0.25) is 4.79 Å². The van der Waals surface area contributed by atoms with E-state index in [9.17, 15) is 9.90 Å². The van der Waals surface area contributed by atoms with E-state index in [0.717, 1.165) is 32.2 Å². The van der Waals surface area contributed by atoms with E-state index >= 15 is 0 Å². The summed E-state index contributed by atoms with van der Waals surface area (Å²) in [6.07, 6.45) is 12.8. The molecule has 0 radical (unpaired) electrons. The minimum atomic E-state index is 0.0913. The third kappa shape index (κ3) is 3.20. The lowest BCUT2D eigenvalue weighted by Gasteiger charge is -2.45. The molecule has 4 nitrogen and oxygen atoms in total. The Morgan fingerprint density at radius 3 is 2.69 bits per heavy atom. The van der Waals surface area contributed by atoms with E-state index in [1.807, 2.05) is 0 Å². The highest BCUT2D eigenvalue weighted by atomic mass is 16.3. The first-order valence-electron chi connectivity index (χ1n) is 11.7. The highest BCUT2D eigenvalue weighted by molar-refractivity contribution is 5.81. The number of likely N-dealkylation sites (N-methyl/N-ethyl adjacent to an activating group) is 1. The number of carbonyl (C=O) groups excluding carboxylic acids is 1. The summed E-state index contributed by atoms with van der Waals surface area (Å²) in [5.74, 6) is 0.900. The lowest BCUT2D eigenvalue weighted by atomic mass is 9.80. The molecule has 1 saturated carbocycles. The molecule has 0 unspecified atom stereocenters. The summed E-state index contributed by atoms with van der Waals surface area (Å²) in [5, 5.41) is 10.2. The van der Waals surface area contributed by atoms with E-state index in [-0.39, 0.29) is 24.6 Å². The van der Waals surface area contributed by atoms with Crippen molar-refractivity contribution in [3.05, 3.63) is 35.4 Å². The van der Waals surface area contributed by atoms with Crippen molar-refractivity contribution in [3.8, 4) is 0 Å². The summed E-state index contributed by atoms with van der Waals surface area (Å²) in [6.45, 7) is 0.983. The van der Waals surface area contributed by atoms with Crippen LogP contribution in [0.25, 0.3) is 5.57 Å². The van der Waals surface area contributed by atoms with Gasteiger partial charge in [-0.2, -0.15) is 0 Å². The van der Waals surface area contributed by atoms with Gasteiger partial charge in [0.1, 0.15) is 0 Å². The standard InChI is InChI=1S/C25H34N2O2/c1-26-22-12-11-19(17-7-3-2-4-8-17)15-21(22)24-20(23(26)16-28)13-14-27(24)25(29)18-9-5-6-10-18/h7,11-12,15,18,20,23-24,28H,2-6,8-10,13-14,16H2,1H3/t20-,23+,24-/m0/s1. The quantitative estimate of drug-likeness (QED) is 0.819. The number of aliphatic hydroxyl groups is 1. The van der Waals surface area contributed by atoms with Gasteiger partial charge in [0.05, 0.1) is 18.7 Å². The Kier molecular flexibility index (Phi) is 5.15. The van der Waals surface area contributed by atoms with Gasteiger partial charge in [-0.25, -0.2) is 0 Å². The number of allylic oxidation sites excluding steroid dienone is 2. The highest BCUT2D eigenvalue weighted by Gasteiger charge is 2.48. The summed E-state index contributed by atoms with van der Waals surface area (Å²) in [7, 11) is 2.11. The highest BCUT2D eigenvalue weighted by Crippen LogP contribution is 2.50. The van der Waals surface area contributed by atoms with Crippen LogP contribution < -0.4 is 4.90 Å². The van der Waals surface area contributed by atoms with Crippen LogP contribution in [-0.2, 0) is 4.79 Å². The molecule has 2 aliphatic carbocycles. The summed E-state index contributed by atoms with van der Waals surface area (Å²) < 4.78 is 0. The second-order valence-electron chi connectivity index (χ2n) is 9.52. The average Bonchev–Trinajstić information content (AvgIpc) is 3.44. The molecular weight excluding hydrogens is 360 g/mol. The number of carbonyl (C=O) groups is 1. The van der Waals surface area contributed by atoms with Crippen molar-refractivity contribution >= 4 is 17.2 Å². The van der Waals surface area contributed by atoms with Crippen LogP contribution in [0.5, 0.6) is 0 Å². The first kappa shape index (κ1) is 19.2. The van der Waals surface area contributed by atoms with E-state index in [1.54, 1.807) is 0 Å². The molecule has 0 aromatic heterocycles. The molecule has 156 valence electrons. The smallest absolute Gasteiger partial charge is 0.226 e. The van der Waals surface area contributed by atoms with Crippen LogP contribution >= 0.6 is 0 Å². The third-order valence-electron chi connectivity index (χ3n) is 8.00. The zero-order chi connectivity index (χ0) is 20.0. The van der Waals surface area contributed by atoms with Crippen LogP contribution in [0.15, 0.2) is 24.3 Å². The second-order valence-corrected chi connectivity index (χ2v) is 9.52. The largest absolute Gasteiger partial charge is 0.394 e. The summed E-state index contributed by atoms with van der Waals surface area (Å²) >= 11 is 0. The number of rotatable bonds is 3. The molecule has 1 aromatic carbocycles. The number of aliphatic hydroxyl groups excluding tert-OH is 1. The van der Waals surface area contributed by atoms with Gasteiger partial charge in [0, 0.05) is 31.1 Å². The molecule has 4 heteroatoms. The number of hydrogen-bond donors (Lipinski definition) is 1. The van der Waals surface area contributed by atoms with E-state index < -0.39 is 0 Å². The average molecular weight is 395 g/mol. The van der Waals surface area contributed by atoms with Crippen molar-refractivity contribution in [2.45, 2.75) is 69.9 Å². The summed E-state index contributed by atoms with van der Waals surface area (Å²) in [6, 6.07) is 7.06. The van der Waals surface area contributed by atoms with Gasteiger partial charge in [-0.05, 0) is 73.8 Å². The van der Waals surface area contributed by atoms with Gasteiger partial charge >= 0.3 is 0 Å². The van der Waals surface area contributed by atoms with Crippen molar-refractivity contribution < 1.29 is 9.90 Å². The molecule has 2 aliphatic heterocycles. The number of hydrogen-bond acceptors (Lipinski definition) is 3. The molecule has 2 heterocycles. The molecule has 1 amide bonds. The molecular formula is C25H34N2O2. The van der Waals surface area contributed by atoms with E-state index in [1.165, 1.54) is 54.5 Å². The number of likely N-dealkylation sites (tertiary alicyclic amines) is 1. The molecule has 4 aliphatic rings. The van der Waals surface area contributed by atoms with Crippen molar-refractivity contribution in [2.75, 3.05) is 25.1 Å². The molecule has 29 heavy (non-hydrogen) atoms. The molecule has 5 rings (SSSR count). The lowest BCUT2D eigenvalue weighted by molar-refractivity contribution is -0.136. The topological polar surface area (TPSA) is 43.8 Å². The van der Waals surface area contributed by atoms with Crippen molar-refractivity contribution in [2.24, 2.45) is 11.8 Å². The molecule has 3 atom stereocenters. The van der Waals surface area contributed by atoms with E-state index in [4.69, 9.17) is 0 Å². The lowest BCUT2D eigenvalue weighted by Crippen LogP contribution is -2.49.